The van der Waals surface area contributed by atoms with Crippen LogP contribution in [0.3, 0.4) is 0 Å². The van der Waals surface area contributed by atoms with Crippen LogP contribution in [0.2, 0.25) is 0 Å². The maximum absolute atomic E-state index is 5.69. The molecule has 0 bridgehead atoms. The standard InChI is InChI=1S/C11H20N4/c1-9-10(12)5-6-11(14-9)13-7-4-8-15(2)3/h5-6H,4,7-8,12H2,1-3H3,(H,13,14). The fourth-order valence-corrected chi connectivity index (χ4v) is 1.28. The Morgan fingerprint density at radius 2 is 2.13 bits per heavy atom. The third-order valence-corrected chi connectivity index (χ3v) is 2.21. The van der Waals surface area contributed by atoms with Gasteiger partial charge in [-0.05, 0) is 46.1 Å². The van der Waals surface area contributed by atoms with Gasteiger partial charge in [-0.3, -0.25) is 0 Å². The van der Waals surface area contributed by atoms with Crippen LogP contribution < -0.4 is 11.1 Å². The average molecular weight is 208 g/mol. The number of nitrogens with one attached hydrogen (secondary N) is 1. The van der Waals surface area contributed by atoms with E-state index in [0.29, 0.717) is 0 Å². The summed E-state index contributed by atoms with van der Waals surface area (Å²) >= 11 is 0. The van der Waals surface area contributed by atoms with Crippen molar-refractivity contribution in [3.63, 3.8) is 0 Å². The number of nitrogens with zero attached hydrogens (tertiary/aromatic N) is 2. The van der Waals surface area contributed by atoms with E-state index in [-0.39, 0.29) is 0 Å². The van der Waals surface area contributed by atoms with Gasteiger partial charge in [0.15, 0.2) is 0 Å². The van der Waals surface area contributed by atoms with Crippen molar-refractivity contribution in [1.29, 1.82) is 0 Å². The molecule has 0 saturated heterocycles. The summed E-state index contributed by atoms with van der Waals surface area (Å²) in [6.45, 7) is 3.94. The SMILES string of the molecule is Cc1nc(NCCCN(C)C)ccc1N. The van der Waals surface area contributed by atoms with Gasteiger partial charge in [0.25, 0.3) is 0 Å². The predicted octanol–water partition coefficient (Wildman–Crippen LogP) is 1.34. The molecule has 4 nitrogen and oxygen atoms in total. The van der Waals surface area contributed by atoms with Crippen molar-refractivity contribution in [3.8, 4) is 0 Å². The molecule has 4 heteroatoms. The molecule has 84 valence electrons. The first-order valence-corrected chi connectivity index (χ1v) is 5.21. The molecule has 0 amide bonds. The monoisotopic (exact) mass is 208 g/mol. The zero-order chi connectivity index (χ0) is 11.3. The van der Waals surface area contributed by atoms with Crippen molar-refractivity contribution in [2.75, 3.05) is 38.2 Å². The second kappa shape index (κ2) is 5.56. The zero-order valence-electron chi connectivity index (χ0n) is 9.75. The van der Waals surface area contributed by atoms with Crippen LogP contribution >= 0.6 is 0 Å². The van der Waals surface area contributed by atoms with Crippen molar-refractivity contribution >= 4 is 11.5 Å². The summed E-state index contributed by atoms with van der Waals surface area (Å²) in [6.07, 6.45) is 1.11. The Morgan fingerprint density at radius 1 is 1.40 bits per heavy atom. The maximum atomic E-state index is 5.69. The molecule has 0 aliphatic carbocycles. The van der Waals surface area contributed by atoms with Gasteiger partial charge in [0, 0.05) is 6.54 Å². The minimum absolute atomic E-state index is 0.744. The molecule has 0 radical (unpaired) electrons. The summed E-state index contributed by atoms with van der Waals surface area (Å²) in [6, 6.07) is 3.80. The van der Waals surface area contributed by atoms with Crippen molar-refractivity contribution < 1.29 is 0 Å². The van der Waals surface area contributed by atoms with Crippen molar-refractivity contribution in [2.45, 2.75) is 13.3 Å². The van der Waals surface area contributed by atoms with Crippen LogP contribution in [-0.2, 0) is 0 Å². The smallest absolute Gasteiger partial charge is 0.126 e. The van der Waals surface area contributed by atoms with E-state index >= 15 is 0 Å². The van der Waals surface area contributed by atoms with Crippen LogP contribution in [0.5, 0.6) is 0 Å². The molecule has 0 spiro atoms. The summed E-state index contributed by atoms with van der Waals surface area (Å²) in [4.78, 5) is 6.51. The molecular formula is C11H20N4. The van der Waals surface area contributed by atoms with Gasteiger partial charge in [-0.15, -0.1) is 0 Å². The fourth-order valence-electron chi connectivity index (χ4n) is 1.28. The highest BCUT2D eigenvalue weighted by Crippen LogP contribution is 2.11. The van der Waals surface area contributed by atoms with Crippen molar-refractivity contribution in [1.82, 2.24) is 9.88 Å². The lowest BCUT2D eigenvalue weighted by Crippen LogP contribution is -2.16. The highest BCUT2D eigenvalue weighted by Gasteiger charge is 1.97. The van der Waals surface area contributed by atoms with Gasteiger partial charge in [0.1, 0.15) is 5.82 Å². The number of aryl methyl sites for hydroxylation is 1. The van der Waals surface area contributed by atoms with Gasteiger partial charge in [0.05, 0.1) is 11.4 Å². The van der Waals surface area contributed by atoms with E-state index in [1.807, 2.05) is 19.1 Å². The molecule has 0 aliphatic heterocycles. The molecule has 0 aliphatic rings. The number of anilines is 2. The van der Waals surface area contributed by atoms with Crippen LogP contribution in [-0.4, -0.2) is 37.1 Å². The Balaban J connectivity index is 2.35. The topological polar surface area (TPSA) is 54.2 Å². The zero-order valence-corrected chi connectivity index (χ0v) is 9.75. The quantitative estimate of drug-likeness (QED) is 0.717. The van der Waals surface area contributed by atoms with Gasteiger partial charge >= 0.3 is 0 Å². The fraction of sp³-hybridized carbons (Fsp3) is 0.545. The molecule has 1 rings (SSSR count). The van der Waals surface area contributed by atoms with E-state index in [4.69, 9.17) is 5.73 Å². The van der Waals surface area contributed by atoms with E-state index in [2.05, 4.69) is 29.3 Å². The Hall–Kier alpha value is -1.29. The maximum Gasteiger partial charge on any atom is 0.126 e. The summed E-state index contributed by atoms with van der Waals surface area (Å²) in [5, 5.41) is 3.27. The minimum atomic E-state index is 0.744. The van der Waals surface area contributed by atoms with Gasteiger partial charge in [0.2, 0.25) is 0 Å². The first kappa shape index (κ1) is 11.8. The lowest BCUT2D eigenvalue weighted by atomic mass is 10.3. The molecule has 0 unspecified atom stereocenters. The van der Waals surface area contributed by atoms with Crippen molar-refractivity contribution in [2.24, 2.45) is 0 Å². The molecule has 0 aromatic carbocycles. The first-order valence-electron chi connectivity index (χ1n) is 5.21. The molecule has 1 aromatic heterocycles. The van der Waals surface area contributed by atoms with Crippen LogP contribution in [0.1, 0.15) is 12.1 Å². The predicted molar refractivity (Wildman–Crippen MR) is 65.0 cm³/mol. The lowest BCUT2D eigenvalue weighted by molar-refractivity contribution is 0.405. The number of nitrogens with two attached hydrogens (primary N) is 1. The van der Waals surface area contributed by atoms with Gasteiger partial charge in [-0.2, -0.15) is 0 Å². The van der Waals surface area contributed by atoms with Crippen LogP contribution in [0.4, 0.5) is 11.5 Å². The van der Waals surface area contributed by atoms with E-state index < -0.39 is 0 Å². The van der Waals surface area contributed by atoms with E-state index in [0.717, 1.165) is 36.7 Å². The number of rotatable bonds is 5. The molecule has 3 N–H and O–H groups in total. The molecule has 0 atom stereocenters. The van der Waals surface area contributed by atoms with Crippen LogP contribution in [0, 0.1) is 6.92 Å². The Morgan fingerprint density at radius 3 is 2.73 bits per heavy atom. The summed E-state index contributed by atoms with van der Waals surface area (Å²) in [5.41, 5.74) is 7.31. The largest absolute Gasteiger partial charge is 0.397 e. The number of aromatic nitrogens is 1. The number of hydrogen-bond donors (Lipinski definition) is 2. The Bertz CT molecular complexity index is 309. The first-order chi connectivity index (χ1) is 7.09. The molecule has 1 heterocycles. The normalized spacial score (nSPS) is 10.7. The van der Waals surface area contributed by atoms with Crippen LogP contribution in [0.25, 0.3) is 0 Å². The third-order valence-electron chi connectivity index (χ3n) is 2.21. The second-order valence-electron chi connectivity index (χ2n) is 3.95. The van der Waals surface area contributed by atoms with E-state index in [9.17, 15) is 0 Å². The molecule has 0 saturated carbocycles. The van der Waals surface area contributed by atoms with Gasteiger partial charge in [-0.25, -0.2) is 4.98 Å². The van der Waals surface area contributed by atoms with Gasteiger partial charge in [-0.1, -0.05) is 0 Å². The summed E-state index contributed by atoms with van der Waals surface area (Å²) in [7, 11) is 4.15. The number of pyridine rings is 1. The highest BCUT2D eigenvalue weighted by atomic mass is 15.1. The van der Waals surface area contributed by atoms with E-state index in [1.54, 1.807) is 0 Å². The lowest BCUT2D eigenvalue weighted by Gasteiger charge is -2.10. The summed E-state index contributed by atoms with van der Waals surface area (Å²) in [5.74, 6) is 0.903. The molecule has 15 heavy (non-hydrogen) atoms. The van der Waals surface area contributed by atoms with Gasteiger partial charge < -0.3 is 16.0 Å². The second-order valence-corrected chi connectivity index (χ2v) is 3.95. The number of nitrogen functional groups attached to an aromatic ring is 1. The third kappa shape index (κ3) is 4.16. The highest BCUT2D eigenvalue weighted by molar-refractivity contribution is 5.48. The minimum Gasteiger partial charge on any atom is -0.397 e. The van der Waals surface area contributed by atoms with Crippen molar-refractivity contribution in [3.05, 3.63) is 17.8 Å². The molecule has 0 fully saturated rings. The molecule has 1 aromatic rings. The van der Waals surface area contributed by atoms with Crippen LogP contribution in [0.15, 0.2) is 12.1 Å². The Kier molecular flexibility index (Phi) is 4.37. The van der Waals surface area contributed by atoms with E-state index in [1.165, 1.54) is 0 Å². The summed E-state index contributed by atoms with van der Waals surface area (Å²) < 4.78 is 0. The number of hydrogen-bond acceptors (Lipinski definition) is 4. The molecular weight excluding hydrogens is 188 g/mol. The Labute approximate surface area is 91.5 Å². The average Bonchev–Trinajstić information content (AvgIpc) is 2.18.